The second-order valence-corrected chi connectivity index (χ2v) is 8.74. The van der Waals surface area contributed by atoms with Crippen molar-refractivity contribution in [3.63, 3.8) is 0 Å². The summed E-state index contributed by atoms with van der Waals surface area (Å²) in [7, 11) is 0. The number of aryl methyl sites for hydroxylation is 3. The van der Waals surface area contributed by atoms with Crippen molar-refractivity contribution in [3.8, 4) is 5.75 Å². The molecule has 1 aliphatic rings. The lowest BCUT2D eigenvalue weighted by molar-refractivity contribution is -0.134. The Hall–Kier alpha value is -3.00. The minimum absolute atomic E-state index is 0.0120. The van der Waals surface area contributed by atoms with Crippen LogP contribution in [-0.2, 0) is 11.2 Å². The maximum Gasteiger partial charge on any atom is 0.261 e. The summed E-state index contributed by atoms with van der Waals surface area (Å²) in [6.45, 7) is 6.80. The molecular formula is C23H27N5O2S. The van der Waals surface area contributed by atoms with Gasteiger partial charge in [-0.3, -0.25) is 4.79 Å². The number of aromatic nitrogens is 3. The molecule has 2 aromatic heterocycles. The van der Waals surface area contributed by atoms with Crippen LogP contribution in [0.5, 0.6) is 5.75 Å². The molecule has 4 rings (SSSR count). The minimum atomic E-state index is -0.0450. The number of carbonyl (C=O) groups is 1. The third kappa shape index (κ3) is 4.85. The number of benzene rings is 1. The Balaban J connectivity index is 1.44. The first kappa shape index (κ1) is 21.2. The molecule has 0 unspecified atom stereocenters. The van der Waals surface area contributed by atoms with Crippen LogP contribution in [0.4, 0.5) is 10.9 Å². The normalized spacial score (nSPS) is 15.8. The van der Waals surface area contributed by atoms with Crippen LogP contribution in [-0.4, -0.2) is 39.1 Å². The lowest BCUT2D eigenvalue weighted by atomic mass is 10.1. The molecule has 3 aromatic rings. The van der Waals surface area contributed by atoms with Gasteiger partial charge in [0.25, 0.3) is 5.91 Å². The third-order valence-electron chi connectivity index (χ3n) is 5.44. The zero-order valence-electron chi connectivity index (χ0n) is 18.1. The van der Waals surface area contributed by atoms with Gasteiger partial charge < -0.3 is 15.0 Å². The Morgan fingerprint density at radius 2 is 1.97 bits per heavy atom. The van der Waals surface area contributed by atoms with E-state index >= 15 is 0 Å². The zero-order chi connectivity index (χ0) is 21.8. The van der Waals surface area contributed by atoms with E-state index < -0.39 is 0 Å². The second-order valence-electron chi connectivity index (χ2n) is 7.68. The molecule has 8 heteroatoms. The molecule has 0 bridgehead atoms. The minimum Gasteiger partial charge on any atom is -0.483 e. The molecular weight excluding hydrogens is 410 g/mol. The van der Waals surface area contributed by atoms with E-state index in [1.165, 1.54) is 11.3 Å². The summed E-state index contributed by atoms with van der Waals surface area (Å²) < 4.78 is 5.90. The van der Waals surface area contributed by atoms with E-state index in [4.69, 9.17) is 9.72 Å². The number of ether oxygens (including phenoxy) is 1. The molecule has 0 radical (unpaired) electrons. The first-order chi connectivity index (χ1) is 15.0. The lowest BCUT2D eigenvalue weighted by Gasteiger charge is -2.25. The number of rotatable bonds is 7. The van der Waals surface area contributed by atoms with Crippen LogP contribution in [0.1, 0.15) is 47.6 Å². The summed E-state index contributed by atoms with van der Waals surface area (Å²) in [5, 5.41) is 13.2. The number of pyridine rings is 1. The van der Waals surface area contributed by atoms with Crippen molar-refractivity contribution in [2.24, 2.45) is 0 Å². The standard InChI is InChI=1S/C23H27N5O2S/c1-4-20-26-27-23(31-20)25-19-12-6-10-17(24-19)18-11-7-13-28(18)21(29)14-30-22-15(2)8-5-9-16(22)3/h5-6,8-10,12,18H,4,7,11,13-14H2,1-3H3,(H,24,25,27)/t18-/m1/s1. The summed E-state index contributed by atoms with van der Waals surface area (Å²) in [6, 6.07) is 11.8. The zero-order valence-corrected chi connectivity index (χ0v) is 18.9. The van der Waals surface area contributed by atoms with Gasteiger partial charge >= 0.3 is 0 Å². The number of likely N-dealkylation sites (tertiary alicyclic amines) is 1. The molecule has 1 aliphatic heterocycles. The predicted molar refractivity (Wildman–Crippen MR) is 122 cm³/mol. The van der Waals surface area contributed by atoms with Gasteiger partial charge in [0.1, 0.15) is 16.6 Å². The average molecular weight is 438 g/mol. The van der Waals surface area contributed by atoms with Crippen LogP contribution in [0.25, 0.3) is 0 Å². The quantitative estimate of drug-likeness (QED) is 0.582. The Morgan fingerprint density at radius 1 is 1.19 bits per heavy atom. The fraction of sp³-hybridized carbons (Fsp3) is 0.391. The fourth-order valence-electron chi connectivity index (χ4n) is 3.88. The van der Waals surface area contributed by atoms with Gasteiger partial charge in [0.05, 0.1) is 11.7 Å². The molecule has 162 valence electrons. The third-order valence-corrected chi connectivity index (χ3v) is 6.42. The number of para-hydroxylation sites is 1. The van der Waals surface area contributed by atoms with Gasteiger partial charge in [-0.1, -0.05) is 42.5 Å². The highest BCUT2D eigenvalue weighted by Gasteiger charge is 2.31. The Bertz CT molecular complexity index is 1050. The fourth-order valence-corrected chi connectivity index (χ4v) is 4.57. The summed E-state index contributed by atoms with van der Waals surface area (Å²) in [5.41, 5.74) is 2.95. The Morgan fingerprint density at radius 3 is 2.71 bits per heavy atom. The lowest BCUT2D eigenvalue weighted by Crippen LogP contribution is -2.35. The van der Waals surface area contributed by atoms with Gasteiger partial charge in [-0.2, -0.15) is 0 Å². The average Bonchev–Trinajstić information content (AvgIpc) is 3.43. The predicted octanol–water partition coefficient (Wildman–Crippen LogP) is 4.60. The van der Waals surface area contributed by atoms with Gasteiger partial charge in [-0.05, 0) is 56.4 Å². The van der Waals surface area contributed by atoms with E-state index in [9.17, 15) is 4.79 Å². The van der Waals surface area contributed by atoms with Gasteiger partial charge in [0.15, 0.2) is 6.61 Å². The second kappa shape index (κ2) is 9.43. The van der Waals surface area contributed by atoms with Crippen LogP contribution in [0, 0.1) is 13.8 Å². The molecule has 3 heterocycles. The van der Waals surface area contributed by atoms with Gasteiger partial charge in [-0.15, -0.1) is 10.2 Å². The van der Waals surface area contributed by atoms with E-state index in [-0.39, 0.29) is 18.6 Å². The van der Waals surface area contributed by atoms with Crippen molar-refractivity contribution in [2.75, 3.05) is 18.5 Å². The van der Waals surface area contributed by atoms with E-state index in [2.05, 4.69) is 22.4 Å². The van der Waals surface area contributed by atoms with Gasteiger partial charge in [-0.25, -0.2) is 4.98 Å². The number of nitrogens with zero attached hydrogens (tertiary/aromatic N) is 4. The molecule has 1 aromatic carbocycles. The Kier molecular flexibility index (Phi) is 6.46. The highest BCUT2D eigenvalue weighted by atomic mass is 32.1. The molecule has 1 atom stereocenters. The van der Waals surface area contributed by atoms with Crippen molar-refractivity contribution in [1.29, 1.82) is 0 Å². The molecule has 0 aliphatic carbocycles. The van der Waals surface area contributed by atoms with E-state index in [0.717, 1.165) is 58.5 Å². The number of nitrogens with one attached hydrogen (secondary N) is 1. The summed E-state index contributed by atoms with van der Waals surface area (Å²) in [4.78, 5) is 19.6. The van der Waals surface area contributed by atoms with Crippen LogP contribution in [0.15, 0.2) is 36.4 Å². The van der Waals surface area contributed by atoms with E-state index in [0.29, 0.717) is 5.82 Å². The van der Waals surface area contributed by atoms with Gasteiger partial charge in [0.2, 0.25) is 5.13 Å². The highest BCUT2D eigenvalue weighted by Crippen LogP contribution is 2.32. The molecule has 7 nitrogen and oxygen atoms in total. The van der Waals surface area contributed by atoms with Crippen LogP contribution in [0.3, 0.4) is 0 Å². The maximum atomic E-state index is 13.0. The first-order valence-electron chi connectivity index (χ1n) is 10.6. The van der Waals surface area contributed by atoms with Crippen LogP contribution < -0.4 is 10.1 Å². The van der Waals surface area contributed by atoms with Gasteiger partial charge in [0, 0.05) is 6.54 Å². The molecule has 0 spiro atoms. The van der Waals surface area contributed by atoms with E-state index in [1.807, 2.05) is 55.1 Å². The van der Waals surface area contributed by atoms with Crippen molar-refractivity contribution in [3.05, 3.63) is 58.2 Å². The molecule has 1 saturated heterocycles. The summed E-state index contributed by atoms with van der Waals surface area (Å²) >= 11 is 1.52. The topological polar surface area (TPSA) is 80.2 Å². The van der Waals surface area contributed by atoms with Crippen molar-refractivity contribution >= 4 is 28.2 Å². The summed E-state index contributed by atoms with van der Waals surface area (Å²) in [6.07, 6.45) is 2.70. The number of hydrogen-bond acceptors (Lipinski definition) is 7. The van der Waals surface area contributed by atoms with Crippen molar-refractivity contribution in [2.45, 2.75) is 46.1 Å². The maximum absolute atomic E-state index is 13.0. The van der Waals surface area contributed by atoms with Crippen LogP contribution in [0.2, 0.25) is 0 Å². The molecule has 0 saturated carbocycles. The number of anilines is 2. The van der Waals surface area contributed by atoms with Crippen molar-refractivity contribution < 1.29 is 9.53 Å². The largest absolute Gasteiger partial charge is 0.483 e. The highest BCUT2D eigenvalue weighted by molar-refractivity contribution is 7.15. The number of carbonyl (C=O) groups excluding carboxylic acids is 1. The Labute approximate surface area is 186 Å². The monoisotopic (exact) mass is 437 g/mol. The number of amides is 1. The first-order valence-corrected chi connectivity index (χ1v) is 11.4. The molecule has 1 fully saturated rings. The van der Waals surface area contributed by atoms with Crippen LogP contribution >= 0.6 is 11.3 Å². The molecule has 1 amide bonds. The summed E-state index contributed by atoms with van der Waals surface area (Å²) in [5.74, 6) is 1.49. The molecule has 1 N–H and O–H groups in total. The smallest absolute Gasteiger partial charge is 0.261 e. The van der Waals surface area contributed by atoms with Crippen molar-refractivity contribution in [1.82, 2.24) is 20.1 Å². The van der Waals surface area contributed by atoms with E-state index in [1.54, 1.807) is 0 Å². The number of hydrogen-bond donors (Lipinski definition) is 1. The SMILES string of the molecule is CCc1nnc(Nc2cccc([C@H]3CCCN3C(=O)COc3c(C)cccc3C)n2)s1. The molecule has 31 heavy (non-hydrogen) atoms.